The van der Waals surface area contributed by atoms with Gasteiger partial charge in [-0.3, -0.25) is 0 Å². The summed E-state index contributed by atoms with van der Waals surface area (Å²) in [6.07, 6.45) is 0.404. The molecule has 0 aromatic carbocycles. The van der Waals surface area contributed by atoms with Crippen molar-refractivity contribution in [2.24, 2.45) is 5.73 Å². The van der Waals surface area contributed by atoms with Crippen molar-refractivity contribution in [2.75, 3.05) is 25.5 Å². The first-order valence-corrected chi connectivity index (χ1v) is 7.68. The van der Waals surface area contributed by atoms with E-state index in [0.717, 1.165) is 0 Å². The average molecular weight is 282 g/mol. The van der Waals surface area contributed by atoms with Gasteiger partial charge < -0.3 is 10.5 Å². The topological polar surface area (TPSA) is 72.6 Å². The zero-order valence-electron chi connectivity index (χ0n) is 10.7. The minimum Gasteiger partial charge on any atom is -0.393 e. The van der Waals surface area contributed by atoms with E-state index >= 15 is 0 Å². The Balaban J connectivity index is 4.51. The molecule has 0 spiro atoms. The van der Waals surface area contributed by atoms with Crippen LogP contribution in [0.1, 0.15) is 27.2 Å². The largest absolute Gasteiger partial charge is 0.393 e. The van der Waals surface area contributed by atoms with Crippen LogP contribution in [0.3, 0.4) is 0 Å². The molecule has 0 atom stereocenters. The van der Waals surface area contributed by atoms with Gasteiger partial charge in [-0.2, -0.15) is 4.31 Å². The molecular formula is C10H22N2O3S2. The fraction of sp³-hybridized carbons (Fsp3) is 0.900. The standard InChI is InChI=1S/C10H22N2O3S2/c1-4-15-7-8-17(13,14)12(9(2)3)6-5-10(11)16/h9H,4-8H2,1-3H3,(H2,11,16). The second-order valence-electron chi connectivity index (χ2n) is 3.93. The van der Waals surface area contributed by atoms with Crippen LogP contribution in [-0.2, 0) is 14.8 Å². The van der Waals surface area contributed by atoms with Crippen molar-refractivity contribution < 1.29 is 13.2 Å². The van der Waals surface area contributed by atoms with E-state index in [0.29, 0.717) is 24.6 Å². The first-order valence-electron chi connectivity index (χ1n) is 5.66. The number of thiocarbonyl (C=S) groups is 1. The van der Waals surface area contributed by atoms with Crippen LogP contribution in [0.2, 0.25) is 0 Å². The van der Waals surface area contributed by atoms with E-state index in [1.165, 1.54) is 4.31 Å². The van der Waals surface area contributed by atoms with E-state index in [9.17, 15) is 8.42 Å². The first kappa shape index (κ1) is 16.8. The van der Waals surface area contributed by atoms with Gasteiger partial charge >= 0.3 is 0 Å². The first-order chi connectivity index (χ1) is 7.81. The molecule has 102 valence electrons. The van der Waals surface area contributed by atoms with Gasteiger partial charge in [0.2, 0.25) is 10.0 Å². The maximum atomic E-state index is 12.0. The molecule has 0 aromatic rings. The molecule has 0 aliphatic rings. The summed E-state index contributed by atoms with van der Waals surface area (Å²) in [5.74, 6) is -0.00362. The zero-order valence-corrected chi connectivity index (χ0v) is 12.3. The van der Waals surface area contributed by atoms with Gasteiger partial charge in [0, 0.05) is 25.6 Å². The highest BCUT2D eigenvalue weighted by atomic mass is 32.2. The molecule has 0 heterocycles. The van der Waals surface area contributed by atoms with Gasteiger partial charge in [0.25, 0.3) is 0 Å². The van der Waals surface area contributed by atoms with Gasteiger partial charge in [0.15, 0.2) is 0 Å². The molecule has 0 rings (SSSR count). The van der Waals surface area contributed by atoms with Crippen LogP contribution < -0.4 is 5.73 Å². The molecule has 5 nitrogen and oxygen atoms in total. The number of nitrogens with two attached hydrogens (primary N) is 1. The predicted molar refractivity (Wildman–Crippen MR) is 73.5 cm³/mol. The van der Waals surface area contributed by atoms with Crippen molar-refractivity contribution in [1.82, 2.24) is 4.31 Å². The number of rotatable bonds is 9. The SMILES string of the molecule is CCOCCS(=O)(=O)N(CCC(N)=S)C(C)C. The molecule has 0 amide bonds. The molecule has 0 aromatic heterocycles. The van der Waals surface area contributed by atoms with Gasteiger partial charge in [0.1, 0.15) is 0 Å². The lowest BCUT2D eigenvalue weighted by Gasteiger charge is -2.25. The number of hydrogen-bond donors (Lipinski definition) is 1. The van der Waals surface area contributed by atoms with Crippen LogP contribution in [-0.4, -0.2) is 49.3 Å². The van der Waals surface area contributed by atoms with Gasteiger partial charge in [-0.15, -0.1) is 0 Å². The molecule has 0 unspecified atom stereocenters. The second kappa shape index (κ2) is 7.97. The minimum absolute atomic E-state index is 0.00362. The van der Waals surface area contributed by atoms with Gasteiger partial charge in [-0.05, 0) is 20.8 Å². The van der Waals surface area contributed by atoms with E-state index in [4.69, 9.17) is 22.7 Å². The summed E-state index contributed by atoms with van der Waals surface area (Å²) >= 11 is 4.76. The predicted octanol–water partition coefficient (Wildman–Crippen LogP) is 0.739. The van der Waals surface area contributed by atoms with Gasteiger partial charge in [-0.25, -0.2) is 8.42 Å². The Bertz CT molecular complexity index is 328. The molecule has 0 aliphatic carbocycles. The molecule has 17 heavy (non-hydrogen) atoms. The third-order valence-corrected chi connectivity index (χ3v) is 4.41. The van der Waals surface area contributed by atoms with E-state index < -0.39 is 10.0 Å². The number of sulfonamides is 1. The van der Waals surface area contributed by atoms with E-state index in [-0.39, 0.29) is 18.4 Å². The highest BCUT2D eigenvalue weighted by Gasteiger charge is 2.24. The Morgan fingerprint density at radius 1 is 1.47 bits per heavy atom. The summed E-state index contributed by atoms with van der Waals surface area (Å²) in [5.41, 5.74) is 5.39. The maximum absolute atomic E-state index is 12.0. The summed E-state index contributed by atoms with van der Waals surface area (Å²) in [4.78, 5) is 0.329. The minimum atomic E-state index is -3.30. The number of hydrogen-bond acceptors (Lipinski definition) is 4. The lowest BCUT2D eigenvalue weighted by molar-refractivity contribution is 0.162. The van der Waals surface area contributed by atoms with Crippen molar-refractivity contribution >= 4 is 27.2 Å². The summed E-state index contributed by atoms with van der Waals surface area (Å²) in [5, 5.41) is 0. The third-order valence-electron chi connectivity index (χ3n) is 2.20. The third kappa shape index (κ3) is 6.92. The molecule has 0 saturated carbocycles. The van der Waals surface area contributed by atoms with Crippen LogP contribution in [0, 0.1) is 0 Å². The summed E-state index contributed by atoms with van der Waals surface area (Å²) in [6.45, 7) is 6.57. The normalized spacial score (nSPS) is 12.3. The van der Waals surface area contributed by atoms with Crippen LogP contribution in [0.5, 0.6) is 0 Å². The maximum Gasteiger partial charge on any atom is 0.216 e. The van der Waals surface area contributed by atoms with Crippen molar-refractivity contribution in [3.63, 3.8) is 0 Å². The van der Waals surface area contributed by atoms with E-state index in [2.05, 4.69) is 0 Å². The lowest BCUT2D eigenvalue weighted by Crippen LogP contribution is -2.41. The van der Waals surface area contributed by atoms with Crippen LogP contribution >= 0.6 is 12.2 Å². The van der Waals surface area contributed by atoms with Gasteiger partial charge in [-0.1, -0.05) is 12.2 Å². The van der Waals surface area contributed by atoms with Crippen molar-refractivity contribution in [1.29, 1.82) is 0 Å². The molecule has 0 aliphatic heterocycles. The monoisotopic (exact) mass is 282 g/mol. The Kier molecular flexibility index (Phi) is 7.85. The summed E-state index contributed by atoms with van der Waals surface area (Å²) < 4.78 is 30.5. The van der Waals surface area contributed by atoms with E-state index in [1.54, 1.807) is 0 Å². The van der Waals surface area contributed by atoms with E-state index in [1.807, 2.05) is 20.8 Å². The number of nitrogens with zero attached hydrogens (tertiary/aromatic N) is 1. The Labute approximate surface area is 109 Å². The van der Waals surface area contributed by atoms with Crippen molar-refractivity contribution in [3.8, 4) is 0 Å². The smallest absolute Gasteiger partial charge is 0.216 e. The molecule has 0 radical (unpaired) electrons. The lowest BCUT2D eigenvalue weighted by atomic mass is 10.3. The fourth-order valence-corrected chi connectivity index (χ4v) is 3.03. The quantitative estimate of drug-likeness (QED) is 0.499. The molecular weight excluding hydrogens is 260 g/mol. The highest BCUT2D eigenvalue weighted by molar-refractivity contribution is 7.89. The molecule has 0 saturated heterocycles. The molecule has 7 heteroatoms. The average Bonchev–Trinajstić information content (AvgIpc) is 2.16. The summed E-state index contributed by atoms with van der Waals surface area (Å²) in [7, 11) is -3.30. The molecule has 0 fully saturated rings. The van der Waals surface area contributed by atoms with Crippen LogP contribution in [0.15, 0.2) is 0 Å². The van der Waals surface area contributed by atoms with Crippen LogP contribution in [0.4, 0.5) is 0 Å². The zero-order chi connectivity index (χ0) is 13.5. The molecule has 2 N–H and O–H groups in total. The van der Waals surface area contributed by atoms with Crippen molar-refractivity contribution in [2.45, 2.75) is 33.2 Å². The number of ether oxygens (including phenoxy) is 1. The highest BCUT2D eigenvalue weighted by Crippen LogP contribution is 2.08. The van der Waals surface area contributed by atoms with Crippen LogP contribution in [0.25, 0.3) is 0 Å². The second-order valence-corrected chi connectivity index (χ2v) is 6.50. The van der Waals surface area contributed by atoms with Gasteiger partial charge in [0.05, 0.1) is 17.3 Å². The molecule has 0 bridgehead atoms. The fourth-order valence-electron chi connectivity index (χ4n) is 1.36. The summed E-state index contributed by atoms with van der Waals surface area (Å²) in [6, 6.07) is -0.101. The Morgan fingerprint density at radius 2 is 2.06 bits per heavy atom. The Morgan fingerprint density at radius 3 is 2.47 bits per heavy atom. The Hall–Kier alpha value is -0.240. The van der Waals surface area contributed by atoms with Crippen molar-refractivity contribution in [3.05, 3.63) is 0 Å².